The lowest BCUT2D eigenvalue weighted by Gasteiger charge is -2.15. The zero-order valence-electron chi connectivity index (χ0n) is 16.9. The lowest BCUT2D eigenvalue weighted by molar-refractivity contribution is 0.117. The van der Waals surface area contributed by atoms with Crippen molar-refractivity contribution >= 4 is 29.9 Å². The van der Waals surface area contributed by atoms with Gasteiger partial charge < -0.3 is 24.7 Å². The van der Waals surface area contributed by atoms with E-state index in [9.17, 15) is 0 Å². The van der Waals surface area contributed by atoms with Crippen molar-refractivity contribution in [2.45, 2.75) is 38.8 Å². The smallest absolute Gasteiger partial charge is 0.191 e. The van der Waals surface area contributed by atoms with E-state index in [4.69, 9.17) is 9.47 Å². The van der Waals surface area contributed by atoms with E-state index in [1.807, 2.05) is 30.3 Å². The first-order chi connectivity index (χ1) is 13.8. The monoisotopic (exact) mass is 514 g/mol. The number of rotatable bonds is 10. The van der Waals surface area contributed by atoms with Crippen LogP contribution < -0.4 is 15.4 Å². The Morgan fingerprint density at radius 2 is 2.10 bits per heavy atom. The fourth-order valence-electron chi connectivity index (χ4n) is 3.05. The van der Waals surface area contributed by atoms with Crippen molar-refractivity contribution in [3.63, 3.8) is 0 Å². The number of aryl methyl sites for hydroxylation is 1. The van der Waals surface area contributed by atoms with Crippen LogP contribution in [0.25, 0.3) is 0 Å². The summed E-state index contributed by atoms with van der Waals surface area (Å²) < 4.78 is 13.5. The molecule has 8 nitrogen and oxygen atoms in total. The Kier molecular flexibility index (Phi) is 10.8. The molecule has 1 fully saturated rings. The van der Waals surface area contributed by atoms with Crippen molar-refractivity contribution in [1.29, 1.82) is 0 Å². The first-order valence-electron chi connectivity index (χ1n) is 10.0. The third kappa shape index (κ3) is 8.17. The van der Waals surface area contributed by atoms with Gasteiger partial charge in [0.25, 0.3) is 0 Å². The molecule has 1 atom stereocenters. The minimum absolute atomic E-state index is 0. The number of para-hydroxylation sites is 1. The predicted molar refractivity (Wildman–Crippen MR) is 124 cm³/mol. The standard InChI is InChI=1S/C20H30N6O2.HI/c1-2-19-25-24-16-26(19)12-10-21-20(23-15-18-9-6-13-27-18)22-11-14-28-17-7-4-3-5-8-17;/h3-5,7-8,16,18H,2,6,9-15H2,1H3,(H2,21,22,23);1H. The van der Waals surface area contributed by atoms with Crippen LogP contribution in [0.1, 0.15) is 25.6 Å². The Morgan fingerprint density at radius 3 is 2.86 bits per heavy atom. The Balaban J connectivity index is 0.00000300. The van der Waals surface area contributed by atoms with Gasteiger partial charge in [0.2, 0.25) is 0 Å². The summed E-state index contributed by atoms with van der Waals surface area (Å²) in [4.78, 5) is 4.69. The molecule has 160 valence electrons. The molecule has 2 aromatic rings. The molecule has 3 rings (SSSR count). The topological polar surface area (TPSA) is 85.6 Å². The fraction of sp³-hybridized carbons (Fsp3) is 0.550. The van der Waals surface area contributed by atoms with E-state index >= 15 is 0 Å². The highest BCUT2D eigenvalue weighted by Crippen LogP contribution is 2.11. The normalized spacial score (nSPS) is 16.3. The summed E-state index contributed by atoms with van der Waals surface area (Å²) in [5.74, 6) is 2.64. The van der Waals surface area contributed by atoms with Gasteiger partial charge in [0.05, 0.1) is 19.2 Å². The SMILES string of the molecule is CCc1nncn1CCNC(=NCC1CCCO1)NCCOc1ccccc1.I. The van der Waals surface area contributed by atoms with E-state index in [1.165, 1.54) is 0 Å². The fourth-order valence-corrected chi connectivity index (χ4v) is 3.05. The van der Waals surface area contributed by atoms with Gasteiger partial charge in [-0.25, -0.2) is 0 Å². The molecule has 1 unspecified atom stereocenters. The highest BCUT2D eigenvalue weighted by atomic mass is 127. The summed E-state index contributed by atoms with van der Waals surface area (Å²) in [6, 6.07) is 9.82. The molecule has 0 aliphatic carbocycles. The average Bonchev–Trinajstić information content (AvgIpc) is 3.41. The molecule has 1 aliphatic rings. The maximum Gasteiger partial charge on any atom is 0.191 e. The van der Waals surface area contributed by atoms with Crippen molar-refractivity contribution in [1.82, 2.24) is 25.4 Å². The summed E-state index contributed by atoms with van der Waals surface area (Å²) in [5.41, 5.74) is 0. The number of nitrogens with one attached hydrogen (secondary N) is 2. The van der Waals surface area contributed by atoms with Crippen molar-refractivity contribution < 1.29 is 9.47 Å². The van der Waals surface area contributed by atoms with E-state index in [-0.39, 0.29) is 30.1 Å². The van der Waals surface area contributed by atoms with Gasteiger partial charge in [-0.15, -0.1) is 34.2 Å². The molecular weight excluding hydrogens is 483 g/mol. The second kappa shape index (κ2) is 13.4. The zero-order valence-corrected chi connectivity index (χ0v) is 19.2. The van der Waals surface area contributed by atoms with Gasteiger partial charge >= 0.3 is 0 Å². The third-order valence-corrected chi connectivity index (χ3v) is 4.54. The van der Waals surface area contributed by atoms with Crippen molar-refractivity contribution in [2.24, 2.45) is 4.99 Å². The Labute approximate surface area is 189 Å². The minimum Gasteiger partial charge on any atom is -0.492 e. The first-order valence-corrected chi connectivity index (χ1v) is 10.0. The Morgan fingerprint density at radius 1 is 1.28 bits per heavy atom. The van der Waals surface area contributed by atoms with Crippen LogP contribution in [-0.2, 0) is 17.7 Å². The number of aliphatic imine (C=N–C) groups is 1. The molecule has 29 heavy (non-hydrogen) atoms. The maximum absolute atomic E-state index is 5.74. The molecule has 1 aliphatic heterocycles. The molecule has 1 aromatic heterocycles. The first kappa shape index (κ1) is 23.4. The third-order valence-electron chi connectivity index (χ3n) is 4.54. The number of ether oxygens (including phenoxy) is 2. The summed E-state index contributed by atoms with van der Waals surface area (Å²) in [7, 11) is 0. The van der Waals surface area contributed by atoms with Crippen LogP contribution in [0, 0.1) is 0 Å². The van der Waals surface area contributed by atoms with Crippen molar-refractivity contribution in [2.75, 3.05) is 32.8 Å². The van der Waals surface area contributed by atoms with E-state index in [2.05, 4.69) is 37.3 Å². The molecule has 2 heterocycles. The molecule has 0 amide bonds. The summed E-state index contributed by atoms with van der Waals surface area (Å²) in [6.45, 7) is 6.35. The maximum atomic E-state index is 5.74. The minimum atomic E-state index is 0. The second-order valence-electron chi connectivity index (χ2n) is 6.63. The van der Waals surface area contributed by atoms with Gasteiger partial charge in [-0.2, -0.15) is 0 Å². The number of guanidine groups is 1. The molecule has 0 radical (unpaired) electrons. The molecule has 0 bridgehead atoms. The van der Waals surface area contributed by atoms with Crippen molar-refractivity contribution in [3.8, 4) is 5.75 Å². The largest absolute Gasteiger partial charge is 0.492 e. The molecule has 2 N–H and O–H groups in total. The Bertz CT molecular complexity index is 719. The highest BCUT2D eigenvalue weighted by molar-refractivity contribution is 14.0. The lowest BCUT2D eigenvalue weighted by Crippen LogP contribution is -2.41. The van der Waals surface area contributed by atoms with Gasteiger partial charge in [-0.1, -0.05) is 25.1 Å². The van der Waals surface area contributed by atoms with E-state index in [0.29, 0.717) is 19.7 Å². The highest BCUT2D eigenvalue weighted by Gasteiger charge is 2.15. The van der Waals surface area contributed by atoms with Crippen LogP contribution in [0.4, 0.5) is 0 Å². The summed E-state index contributed by atoms with van der Waals surface area (Å²) in [5, 5.41) is 14.8. The Hall–Kier alpha value is -1.88. The molecule has 0 saturated carbocycles. The van der Waals surface area contributed by atoms with Gasteiger partial charge in [0, 0.05) is 26.1 Å². The van der Waals surface area contributed by atoms with E-state index in [0.717, 1.165) is 56.5 Å². The zero-order chi connectivity index (χ0) is 19.4. The molecule has 1 aromatic carbocycles. The second-order valence-corrected chi connectivity index (χ2v) is 6.63. The van der Waals surface area contributed by atoms with E-state index < -0.39 is 0 Å². The number of hydrogen-bond donors (Lipinski definition) is 2. The molecule has 1 saturated heterocycles. The number of nitrogens with zero attached hydrogens (tertiary/aromatic N) is 4. The van der Waals surface area contributed by atoms with Crippen LogP contribution in [0.2, 0.25) is 0 Å². The number of halogens is 1. The predicted octanol–water partition coefficient (Wildman–Crippen LogP) is 2.25. The number of benzene rings is 1. The average molecular weight is 514 g/mol. The van der Waals surface area contributed by atoms with Crippen LogP contribution in [0.5, 0.6) is 5.75 Å². The summed E-state index contributed by atoms with van der Waals surface area (Å²) in [6.07, 6.45) is 5.06. The number of aromatic nitrogens is 3. The van der Waals surface area contributed by atoms with Gasteiger partial charge in [0.1, 0.15) is 24.5 Å². The van der Waals surface area contributed by atoms with E-state index in [1.54, 1.807) is 6.33 Å². The van der Waals surface area contributed by atoms with Crippen LogP contribution >= 0.6 is 24.0 Å². The van der Waals surface area contributed by atoms with Gasteiger partial charge in [-0.3, -0.25) is 4.99 Å². The van der Waals surface area contributed by atoms with Crippen LogP contribution in [0.3, 0.4) is 0 Å². The lowest BCUT2D eigenvalue weighted by atomic mass is 10.2. The quantitative estimate of drug-likeness (QED) is 0.219. The molecule has 9 heteroatoms. The van der Waals surface area contributed by atoms with Gasteiger partial charge in [0.15, 0.2) is 5.96 Å². The van der Waals surface area contributed by atoms with Crippen molar-refractivity contribution in [3.05, 3.63) is 42.5 Å². The molecule has 0 spiro atoms. The van der Waals surface area contributed by atoms with Crippen LogP contribution in [-0.4, -0.2) is 59.7 Å². The number of hydrogen-bond acceptors (Lipinski definition) is 5. The van der Waals surface area contributed by atoms with Crippen LogP contribution in [0.15, 0.2) is 41.7 Å². The summed E-state index contributed by atoms with van der Waals surface area (Å²) >= 11 is 0. The van der Waals surface area contributed by atoms with Gasteiger partial charge in [-0.05, 0) is 25.0 Å². The molecular formula is C20H31IN6O2.